The first-order chi connectivity index (χ1) is 19.0. The number of ether oxygens (including phenoxy) is 1. The summed E-state index contributed by atoms with van der Waals surface area (Å²) >= 11 is 3.13. The number of carbonyl (C=O) groups excluding carboxylic acids is 3. The first-order valence-corrected chi connectivity index (χ1v) is 15.6. The van der Waals surface area contributed by atoms with Gasteiger partial charge in [-0.3, -0.25) is 14.4 Å². The molecule has 2 N–H and O–H groups in total. The number of sulfonamides is 1. The topological polar surface area (TPSA) is 147 Å². The minimum absolute atomic E-state index is 0.0430. The van der Waals surface area contributed by atoms with Crippen LogP contribution in [0.5, 0.6) is 0 Å². The van der Waals surface area contributed by atoms with E-state index in [1.807, 2.05) is 13.8 Å². The van der Waals surface area contributed by atoms with Gasteiger partial charge in [-0.2, -0.15) is 4.41 Å². The molecule has 0 aliphatic carbocycles. The fourth-order valence-electron chi connectivity index (χ4n) is 3.96. The van der Waals surface area contributed by atoms with E-state index >= 15 is 0 Å². The number of para-hydroxylation sites is 1. The second kappa shape index (κ2) is 14.6. The van der Waals surface area contributed by atoms with Crippen LogP contribution in [0.25, 0.3) is 0 Å². The van der Waals surface area contributed by atoms with Crippen molar-refractivity contribution in [2.24, 2.45) is 5.92 Å². The molecule has 0 spiro atoms. The quantitative estimate of drug-likeness (QED) is 0.316. The fraction of sp³-hybridized carbons (Fsp3) is 0.500. The van der Waals surface area contributed by atoms with E-state index in [9.17, 15) is 22.8 Å². The van der Waals surface area contributed by atoms with E-state index in [1.165, 1.54) is 24.3 Å². The summed E-state index contributed by atoms with van der Waals surface area (Å²) in [6.45, 7) is 3.86. The third-order valence-electron chi connectivity index (χ3n) is 5.96. The van der Waals surface area contributed by atoms with E-state index in [2.05, 4.69) is 26.7 Å². The standard InChI is InChI=1S/C26H35BrN4O8S/c1-18(2)12-15-23(32)30(31(40(3,35)36)19-9-5-4-6-10-19)20(17-28-26(34)21-13-14-22(27)38-21)25(33)29-39-24-11-7-8-16-37-24/h4-6,9-10,13-14,18,20,24H,7-8,11-12,15-17H2,1-3H3,(H,28,34)(H,29,33)/t20-,24-/m1/s1. The highest BCUT2D eigenvalue weighted by molar-refractivity contribution is 9.10. The molecule has 3 rings (SSSR count). The number of rotatable bonds is 13. The maximum atomic E-state index is 13.7. The van der Waals surface area contributed by atoms with Crippen LogP contribution in [-0.4, -0.2) is 62.9 Å². The van der Waals surface area contributed by atoms with E-state index in [0.717, 1.165) is 28.5 Å². The first kappa shape index (κ1) is 31.6. The van der Waals surface area contributed by atoms with Crippen LogP contribution in [0, 0.1) is 5.92 Å². The molecule has 2 heterocycles. The van der Waals surface area contributed by atoms with Gasteiger partial charge in [0.25, 0.3) is 11.8 Å². The normalized spacial score (nSPS) is 16.3. The highest BCUT2D eigenvalue weighted by atomic mass is 79.9. The summed E-state index contributed by atoms with van der Waals surface area (Å²) < 4.78 is 38.2. The van der Waals surface area contributed by atoms with Crippen molar-refractivity contribution in [2.45, 2.75) is 58.3 Å². The molecule has 1 fully saturated rings. The van der Waals surface area contributed by atoms with Crippen molar-refractivity contribution in [1.29, 1.82) is 0 Å². The summed E-state index contributed by atoms with van der Waals surface area (Å²) in [5.41, 5.74) is 2.45. The smallest absolute Gasteiger partial charge is 0.287 e. The van der Waals surface area contributed by atoms with Gasteiger partial charge >= 0.3 is 0 Å². The number of hydrogen-bond donors (Lipinski definition) is 2. The lowest BCUT2D eigenvalue weighted by Crippen LogP contribution is -2.62. The number of nitrogens with zero attached hydrogens (tertiary/aromatic N) is 2. The summed E-state index contributed by atoms with van der Waals surface area (Å²) in [5.74, 6) is -2.06. The molecule has 0 radical (unpaired) electrons. The highest BCUT2D eigenvalue weighted by Gasteiger charge is 2.39. The monoisotopic (exact) mass is 642 g/mol. The minimum atomic E-state index is -4.15. The van der Waals surface area contributed by atoms with Gasteiger partial charge < -0.3 is 14.5 Å². The summed E-state index contributed by atoms with van der Waals surface area (Å²) in [5, 5.41) is 3.44. The number of carbonyl (C=O) groups is 3. The van der Waals surface area contributed by atoms with Crippen LogP contribution in [0.2, 0.25) is 0 Å². The molecule has 1 aliphatic rings. The number of hydroxylamine groups is 1. The third-order valence-corrected chi connectivity index (χ3v) is 7.40. The van der Waals surface area contributed by atoms with Crippen LogP contribution in [0.4, 0.5) is 5.69 Å². The van der Waals surface area contributed by atoms with Crippen LogP contribution >= 0.6 is 15.9 Å². The van der Waals surface area contributed by atoms with Crippen LogP contribution in [0.15, 0.2) is 51.6 Å². The molecule has 1 aliphatic heterocycles. The zero-order valence-corrected chi connectivity index (χ0v) is 25.1. The minimum Gasteiger partial charge on any atom is -0.444 e. The lowest BCUT2D eigenvalue weighted by molar-refractivity contribution is -0.202. The molecule has 2 aromatic rings. The number of amides is 3. The maximum Gasteiger partial charge on any atom is 0.287 e. The van der Waals surface area contributed by atoms with E-state index in [1.54, 1.807) is 18.2 Å². The predicted octanol–water partition coefficient (Wildman–Crippen LogP) is 3.36. The molecule has 0 unspecified atom stereocenters. The van der Waals surface area contributed by atoms with Gasteiger partial charge in [-0.1, -0.05) is 32.0 Å². The molecular weight excluding hydrogens is 608 g/mol. The Morgan fingerprint density at radius 2 is 1.85 bits per heavy atom. The van der Waals surface area contributed by atoms with Crippen molar-refractivity contribution in [1.82, 2.24) is 15.8 Å². The summed E-state index contributed by atoms with van der Waals surface area (Å²) in [7, 11) is -4.15. The molecule has 220 valence electrons. The Hall–Kier alpha value is -2.94. The molecule has 40 heavy (non-hydrogen) atoms. The van der Waals surface area contributed by atoms with Crippen molar-refractivity contribution < 1.29 is 36.8 Å². The van der Waals surface area contributed by atoms with Crippen molar-refractivity contribution in [3.8, 4) is 0 Å². The lowest BCUT2D eigenvalue weighted by Gasteiger charge is -2.39. The van der Waals surface area contributed by atoms with Gasteiger partial charge in [0.1, 0.15) is 0 Å². The Morgan fingerprint density at radius 3 is 2.42 bits per heavy atom. The molecular formula is C26H35BrN4O8S. The number of hydrogen-bond acceptors (Lipinski definition) is 8. The zero-order chi connectivity index (χ0) is 29.3. The number of anilines is 1. The lowest BCUT2D eigenvalue weighted by atomic mass is 10.1. The van der Waals surface area contributed by atoms with Gasteiger partial charge in [0, 0.05) is 26.0 Å². The van der Waals surface area contributed by atoms with Crippen molar-refractivity contribution in [3.05, 3.63) is 52.9 Å². The van der Waals surface area contributed by atoms with E-state index in [0.29, 0.717) is 24.1 Å². The summed E-state index contributed by atoms with van der Waals surface area (Å²) in [6, 6.07) is 9.35. The van der Waals surface area contributed by atoms with Gasteiger partial charge in [-0.15, -0.1) is 0 Å². The predicted molar refractivity (Wildman–Crippen MR) is 150 cm³/mol. The average molecular weight is 644 g/mol. The van der Waals surface area contributed by atoms with E-state index < -0.39 is 46.6 Å². The third kappa shape index (κ3) is 9.04. The van der Waals surface area contributed by atoms with Crippen LogP contribution < -0.4 is 15.2 Å². The molecule has 2 atom stereocenters. The average Bonchev–Trinajstić information content (AvgIpc) is 3.36. The Bertz CT molecular complexity index is 1250. The largest absolute Gasteiger partial charge is 0.444 e. The molecule has 12 nitrogen and oxygen atoms in total. The number of benzene rings is 1. The van der Waals surface area contributed by atoms with Gasteiger partial charge in [-0.05, 0) is 65.4 Å². The fourth-order valence-corrected chi connectivity index (χ4v) is 5.29. The Morgan fingerprint density at radius 1 is 1.12 bits per heavy atom. The Balaban J connectivity index is 1.99. The van der Waals surface area contributed by atoms with Crippen LogP contribution in [-0.2, 0) is 29.2 Å². The number of hydrazine groups is 1. The van der Waals surface area contributed by atoms with E-state index in [4.69, 9.17) is 14.0 Å². The number of halogens is 1. The van der Waals surface area contributed by atoms with Gasteiger partial charge in [0.2, 0.25) is 15.9 Å². The Labute approximate surface area is 242 Å². The van der Waals surface area contributed by atoms with Gasteiger partial charge in [0.15, 0.2) is 22.8 Å². The molecule has 1 aromatic heterocycles. The molecule has 1 aromatic carbocycles. The molecule has 14 heteroatoms. The van der Waals surface area contributed by atoms with Gasteiger partial charge in [0.05, 0.1) is 11.9 Å². The van der Waals surface area contributed by atoms with Crippen molar-refractivity contribution >= 4 is 49.4 Å². The highest BCUT2D eigenvalue weighted by Crippen LogP contribution is 2.24. The summed E-state index contributed by atoms with van der Waals surface area (Å²) in [6.07, 6.45) is 2.88. The number of furan rings is 1. The number of nitrogens with one attached hydrogen (secondary N) is 2. The van der Waals surface area contributed by atoms with Crippen LogP contribution in [0.1, 0.15) is 56.5 Å². The van der Waals surface area contributed by atoms with Crippen molar-refractivity contribution in [2.75, 3.05) is 23.8 Å². The second-order valence-electron chi connectivity index (χ2n) is 9.72. The SMILES string of the molecule is CC(C)CCC(=O)N([C@H](CNC(=O)c1ccc(Br)o1)C(=O)NO[C@@H]1CCCCO1)N(c1ccccc1)S(C)(=O)=O. The van der Waals surface area contributed by atoms with Crippen molar-refractivity contribution in [3.63, 3.8) is 0 Å². The van der Waals surface area contributed by atoms with Gasteiger partial charge in [-0.25, -0.2) is 23.7 Å². The molecule has 3 amide bonds. The zero-order valence-electron chi connectivity index (χ0n) is 22.7. The second-order valence-corrected chi connectivity index (χ2v) is 12.3. The maximum absolute atomic E-state index is 13.7. The molecule has 1 saturated heterocycles. The Kier molecular flexibility index (Phi) is 11.5. The van der Waals surface area contributed by atoms with E-state index in [-0.39, 0.29) is 23.8 Å². The molecule has 0 saturated carbocycles. The summed E-state index contributed by atoms with van der Waals surface area (Å²) in [4.78, 5) is 45.6. The molecule has 0 bridgehead atoms. The first-order valence-electron chi connectivity index (χ1n) is 12.9. The van der Waals surface area contributed by atoms with Crippen LogP contribution in [0.3, 0.4) is 0 Å².